The van der Waals surface area contributed by atoms with Gasteiger partial charge in [0.1, 0.15) is 17.9 Å². The Bertz CT molecular complexity index is 1480. The summed E-state index contributed by atoms with van der Waals surface area (Å²) >= 11 is 0. The van der Waals surface area contributed by atoms with E-state index in [0.717, 1.165) is 34.4 Å². The summed E-state index contributed by atoms with van der Waals surface area (Å²) in [6.45, 7) is 3.37. The van der Waals surface area contributed by atoms with Crippen molar-refractivity contribution in [3.05, 3.63) is 84.1 Å². The van der Waals surface area contributed by atoms with Gasteiger partial charge in [-0.15, -0.1) is 24.8 Å². The molecular weight excluding hydrogens is 501 g/mol. The van der Waals surface area contributed by atoms with E-state index in [0.29, 0.717) is 37.0 Å². The van der Waals surface area contributed by atoms with Crippen molar-refractivity contribution in [3.63, 3.8) is 0 Å². The van der Waals surface area contributed by atoms with Crippen LogP contribution in [0.2, 0.25) is 0 Å². The lowest BCUT2D eigenvalue weighted by Gasteiger charge is -2.09. The summed E-state index contributed by atoms with van der Waals surface area (Å²) in [6, 6.07) is 17.1. The molecule has 36 heavy (non-hydrogen) atoms. The third kappa shape index (κ3) is 5.28. The number of aryl methyl sites for hydroxylation is 1. The normalized spacial score (nSPS) is 10.6. The van der Waals surface area contributed by atoms with Crippen molar-refractivity contribution >= 4 is 53.0 Å². The second-order valence-corrected chi connectivity index (χ2v) is 7.79. The molecule has 5 rings (SSSR count). The molecule has 11 heteroatoms. The standard InChI is InChI=1S/C25H25N7O2.2ClH/c1-2-18-24-19(29-25(33)21-15-27-22-10-3-4-13-31(21)22)8-6-9-20(24)32(30-18)16-17-7-5-11-23(28-17)34-14-12-26;;/h3-11,13,15H,2,12,14,16,26H2,1H3,(H,29,33);2*1H. The Morgan fingerprint density at radius 3 is 2.72 bits per heavy atom. The van der Waals surface area contributed by atoms with Gasteiger partial charge in [-0.25, -0.2) is 9.97 Å². The molecule has 1 amide bonds. The maximum absolute atomic E-state index is 13.1. The van der Waals surface area contributed by atoms with Crippen LogP contribution < -0.4 is 15.8 Å². The first-order chi connectivity index (χ1) is 16.7. The number of halogens is 2. The van der Waals surface area contributed by atoms with Crippen LogP contribution in [-0.2, 0) is 13.0 Å². The number of ether oxygens (including phenoxy) is 1. The minimum absolute atomic E-state index is 0. The number of nitrogens with zero attached hydrogens (tertiary/aromatic N) is 5. The lowest BCUT2D eigenvalue weighted by Crippen LogP contribution is -2.14. The zero-order valence-corrected chi connectivity index (χ0v) is 21.3. The Morgan fingerprint density at radius 2 is 1.92 bits per heavy atom. The fourth-order valence-electron chi connectivity index (χ4n) is 4.01. The third-order valence-corrected chi connectivity index (χ3v) is 5.54. The summed E-state index contributed by atoms with van der Waals surface area (Å²) in [7, 11) is 0. The zero-order valence-electron chi connectivity index (χ0n) is 19.6. The predicted molar refractivity (Wildman–Crippen MR) is 145 cm³/mol. The number of aromatic nitrogens is 5. The van der Waals surface area contributed by atoms with Gasteiger partial charge in [0.05, 0.1) is 35.3 Å². The van der Waals surface area contributed by atoms with Crippen molar-refractivity contribution in [2.24, 2.45) is 5.73 Å². The minimum Gasteiger partial charge on any atom is -0.476 e. The lowest BCUT2D eigenvalue weighted by molar-refractivity contribution is 0.102. The number of anilines is 1. The van der Waals surface area contributed by atoms with Crippen LogP contribution in [0.3, 0.4) is 0 Å². The topological polar surface area (TPSA) is 112 Å². The molecule has 0 bridgehead atoms. The molecule has 0 fully saturated rings. The van der Waals surface area contributed by atoms with Crippen LogP contribution >= 0.6 is 24.8 Å². The van der Waals surface area contributed by atoms with Crippen molar-refractivity contribution in [2.75, 3.05) is 18.5 Å². The molecule has 3 N–H and O–H groups in total. The molecule has 9 nitrogen and oxygen atoms in total. The molecule has 188 valence electrons. The van der Waals surface area contributed by atoms with E-state index in [1.165, 1.54) is 0 Å². The second kappa shape index (κ2) is 11.9. The largest absolute Gasteiger partial charge is 0.476 e. The number of carbonyl (C=O) groups is 1. The quantitative estimate of drug-likeness (QED) is 0.313. The van der Waals surface area contributed by atoms with Crippen molar-refractivity contribution in [1.82, 2.24) is 24.1 Å². The van der Waals surface area contributed by atoms with E-state index in [-0.39, 0.29) is 30.7 Å². The Labute approximate surface area is 220 Å². The highest BCUT2D eigenvalue weighted by atomic mass is 35.5. The predicted octanol–water partition coefficient (Wildman–Crippen LogP) is 4.12. The summed E-state index contributed by atoms with van der Waals surface area (Å²) in [6.07, 6.45) is 4.13. The van der Waals surface area contributed by atoms with Gasteiger partial charge in [0.15, 0.2) is 0 Å². The maximum atomic E-state index is 13.1. The van der Waals surface area contributed by atoms with E-state index in [9.17, 15) is 4.79 Å². The van der Waals surface area contributed by atoms with Crippen molar-refractivity contribution in [2.45, 2.75) is 19.9 Å². The number of hydrogen-bond donors (Lipinski definition) is 2. The molecule has 0 saturated heterocycles. The number of nitrogens with two attached hydrogens (primary N) is 1. The Hall–Kier alpha value is -3.66. The van der Waals surface area contributed by atoms with Gasteiger partial charge in [0, 0.05) is 24.2 Å². The number of rotatable bonds is 8. The summed E-state index contributed by atoms with van der Waals surface area (Å²) in [5.74, 6) is 0.309. The summed E-state index contributed by atoms with van der Waals surface area (Å²) in [4.78, 5) is 22.0. The fourth-order valence-corrected chi connectivity index (χ4v) is 4.01. The van der Waals surface area contributed by atoms with Crippen molar-refractivity contribution < 1.29 is 9.53 Å². The molecule has 0 aliphatic heterocycles. The van der Waals surface area contributed by atoms with E-state index in [1.54, 1.807) is 10.6 Å². The van der Waals surface area contributed by atoms with Gasteiger partial charge in [0.2, 0.25) is 5.88 Å². The number of nitrogens with one attached hydrogen (secondary N) is 1. The number of fused-ring (bicyclic) bond motifs is 2. The Kier molecular flexibility index (Phi) is 8.87. The average Bonchev–Trinajstić information content (AvgIpc) is 3.45. The highest BCUT2D eigenvalue weighted by Gasteiger charge is 2.18. The van der Waals surface area contributed by atoms with E-state index in [2.05, 4.69) is 22.2 Å². The van der Waals surface area contributed by atoms with E-state index < -0.39 is 0 Å². The van der Waals surface area contributed by atoms with E-state index in [4.69, 9.17) is 15.6 Å². The van der Waals surface area contributed by atoms with E-state index in [1.807, 2.05) is 65.5 Å². The second-order valence-electron chi connectivity index (χ2n) is 7.79. The number of hydrogen-bond acceptors (Lipinski definition) is 6. The van der Waals surface area contributed by atoms with Gasteiger partial charge >= 0.3 is 0 Å². The van der Waals surface area contributed by atoms with Crippen LogP contribution in [0.25, 0.3) is 16.6 Å². The van der Waals surface area contributed by atoms with Gasteiger partial charge in [-0.2, -0.15) is 5.10 Å². The molecule has 0 radical (unpaired) electrons. The molecular formula is C25H27Cl2N7O2. The third-order valence-electron chi connectivity index (χ3n) is 5.54. The van der Waals surface area contributed by atoms with E-state index >= 15 is 0 Å². The van der Waals surface area contributed by atoms with Crippen LogP contribution in [-0.4, -0.2) is 43.2 Å². The smallest absolute Gasteiger partial charge is 0.274 e. The molecule has 4 heterocycles. The van der Waals surface area contributed by atoms with Crippen LogP contribution in [0.1, 0.15) is 28.8 Å². The molecule has 0 saturated carbocycles. The average molecular weight is 528 g/mol. The molecule has 0 spiro atoms. The molecule has 0 aliphatic carbocycles. The molecule has 1 aromatic carbocycles. The minimum atomic E-state index is -0.229. The molecule has 0 atom stereocenters. The Morgan fingerprint density at radius 1 is 1.08 bits per heavy atom. The summed E-state index contributed by atoms with van der Waals surface area (Å²) < 4.78 is 9.23. The Balaban J connectivity index is 0.00000180. The number of amides is 1. The van der Waals surface area contributed by atoms with Gasteiger partial charge in [-0.3, -0.25) is 13.9 Å². The van der Waals surface area contributed by atoms with Crippen LogP contribution in [0, 0.1) is 0 Å². The van der Waals surface area contributed by atoms with Crippen LogP contribution in [0.5, 0.6) is 5.88 Å². The maximum Gasteiger partial charge on any atom is 0.274 e. The van der Waals surface area contributed by atoms with Gasteiger partial charge < -0.3 is 15.8 Å². The molecule has 5 aromatic rings. The highest BCUT2D eigenvalue weighted by molar-refractivity contribution is 6.08. The zero-order chi connectivity index (χ0) is 23.5. The molecule has 4 aromatic heterocycles. The molecule has 0 unspecified atom stereocenters. The summed E-state index contributed by atoms with van der Waals surface area (Å²) in [5, 5.41) is 8.80. The van der Waals surface area contributed by atoms with Crippen LogP contribution in [0.4, 0.5) is 5.69 Å². The monoisotopic (exact) mass is 527 g/mol. The fraction of sp³-hybridized carbons (Fsp3) is 0.200. The first-order valence-electron chi connectivity index (χ1n) is 11.2. The SMILES string of the molecule is CCc1nn(Cc2cccc(OCCN)n2)c2cccc(NC(=O)c3cnc4ccccn34)c12.Cl.Cl. The highest BCUT2D eigenvalue weighted by Crippen LogP contribution is 2.28. The van der Waals surface area contributed by atoms with Crippen LogP contribution in [0.15, 0.2) is 67.0 Å². The molecule has 0 aliphatic rings. The number of benzene rings is 1. The van der Waals surface area contributed by atoms with Gasteiger partial charge in [-0.1, -0.05) is 25.1 Å². The summed E-state index contributed by atoms with van der Waals surface area (Å²) in [5.41, 5.74) is 10.1. The first kappa shape index (κ1) is 26.9. The first-order valence-corrected chi connectivity index (χ1v) is 11.2. The number of pyridine rings is 2. The number of imidazole rings is 1. The van der Waals surface area contributed by atoms with Gasteiger partial charge in [0.25, 0.3) is 5.91 Å². The number of carbonyl (C=O) groups excluding carboxylic acids is 1. The lowest BCUT2D eigenvalue weighted by atomic mass is 10.1. The van der Waals surface area contributed by atoms with Crippen molar-refractivity contribution in [1.29, 1.82) is 0 Å². The van der Waals surface area contributed by atoms with Crippen molar-refractivity contribution in [3.8, 4) is 5.88 Å². The van der Waals surface area contributed by atoms with Gasteiger partial charge in [-0.05, 0) is 36.8 Å².